The van der Waals surface area contributed by atoms with E-state index in [9.17, 15) is 4.79 Å². The van der Waals surface area contributed by atoms with Crippen molar-refractivity contribution < 1.29 is 14.6 Å². The molecule has 2 aromatic rings. The van der Waals surface area contributed by atoms with Gasteiger partial charge < -0.3 is 9.84 Å². The molecule has 0 radical (unpaired) electrons. The number of hydrogen-bond acceptors (Lipinski definition) is 3. The van der Waals surface area contributed by atoms with Crippen LogP contribution in [0.5, 0.6) is 0 Å². The zero-order valence-electron chi connectivity index (χ0n) is 8.01. The monoisotopic (exact) mass is 202 g/mol. The maximum atomic E-state index is 11.3. The van der Waals surface area contributed by atoms with E-state index in [-0.39, 0.29) is 0 Å². The lowest BCUT2D eigenvalue weighted by atomic mass is 10.1. The minimum Gasteiger partial charge on any atom is -0.435 e. The molecule has 0 amide bonds. The van der Waals surface area contributed by atoms with Crippen LogP contribution in [0.4, 0.5) is 0 Å². The predicted octanol–water partition coefficient (Wildman–Crippen LogP) is 1.95. The fraction of sp³-hybridized carbons (Fsp3) is 0.0833. The lowest BCUT2D eigenvalue weighted by Gasteiger charge is -2.02. The standard InChI is InChI=1S/C12H10O3/c13-8-15-12(14)11-6-5-9-3-1-2-4-10(9)7-11/h1-7,13H,8H2. The van der Waals surface area contributed by atoms with Crippen LogP contribution in [0.2, 0.25) is 0 Å². The first-order valence-corrected chi connectivity index (χ1v) is 4.58. The highest BCUT2D eigenvalue weighted by Crippen LogP contribution is 2.15. The van der Waals surface area contributed by atoms with Crippen molar-refractivity contribution in [2.45, 2.75) is 0 Å². The van der Waals surface area contributed by atoms with E-state index in [1.807, 2.05) is 30.3 Å². The molecule has 0 saturated carbocycles. The number of rotatable bonds is 2. The molecule has 0 aliphatic rings. The Morgan fingerprint density at radius 3 is 2.60 bits per heavy atom. The molecule has 3 nitrogen and oxygen atoms in total. The molecule has 0 aliphatic heterocycles. The van der Waals surface area contributed by atoms with Crippen LogP contribution >= 0.6 is 0 Å². The Bertz CT molecular complexity index is 491. The quantitative estimate of drug-likeness (QED) is 0.598. The third-order valence-electron chi connectivity index (χ3n) is 2.18. The molecule has 0 atom stereocenters. The summed E-state index contributed by atoms with van der Waals surface area (Å²) >= 11 is 0. The summed E-state index contributed by atoms with van der Waals surface area (Å²) in [6.07, 6.45) is 0. The minimum absolute atomic E-state index is 0.447. The van der Waals surface area contributed by atoms with Crippen LogP contribution in [0.25, 0.3) is 10.8 Å². The SMILES string of the molecule is O=C(OCO)c1ccc2ccccc2c1. The first kappa shape index (κ1) is 9.68. The lowest BCUT2D eigenvalue weighted by Crippen LogP contribution is -2.05. The summed E-state index contributed by atoms with van der Waals surface area (Å²) in [6.45, 7) is -0.592. The zero-order valence-corrected chi connectivity index (χ0v) is 8.01. The van der Waals surface area contributed by atoms with Gasteiger partial charge in [-0.3, -0.25) is 0 Å². The molecule has 0 spiro atoms. The minimum atomic E-state index is -0.592. The van der Waals surface area contributed by atoms with Crippen molar-refractivity contribution in [3.8, 4) is 0 Å². The summed E-state index contributed by atoms with van der Waals surface area (Å²) in [6, 6.07) is 13.0. The highest BCUT2D eigenvalue weighted by molar-refractivity contribution is 5.95. The molecule has 0 bridgehead atoms. The van der Waals surface area contributed by atoms with Crippen LogP contribution < -0.4 is 0 Å². The van der Waals surface area contributed by atoms with Gasteiger partial charge in [-0.25, -0.2) is 4.79 Å². The van der Waals surface area contributed by atoms with E-state index < -0.39 is 12.8 Å². The van der Waals surface area contributed by atoms with Gasteiger partial charge in [0.2, 0.25) is 0 Å². The second-order valence-corrected chi connectivity index (χ2v) is 3.12. The first-order valence-electron chi connectivity index (χ1n) is 4.58. The molecule has 0 aromatic heterocycles. The van der Waals surface area contributed by atoms with Crippen LogP contribution in [-0.2, 0) is 4.74 Å². The van der Waals surface area contributed by atoms with Crippen LogP contribution in [-0.4, -0.2) is 17.9 Å². The smallest absolute Gasteiger partial charge is 0.340 e. The molecule has 1 N–H and O–H groups in total. The molecule has 0 unspecified atom stereocenters. The van der Waals surface area contributed by atoms with E-state index in [1.165, 1.54) is 0 Å². The fourth-order valence-electron chi connectivity index (χ4n) is 1.46. The third kappa shape index (κ3) is 1.97. The van der Waals surface area contributed by atoms with Crippen molar-refractivity contribution >= 4 is 16.7 Å². The molecule has 3 heteroatoms. The molecule has 0 fully saturated rings. The summed E-state index contributed by atoms with van der Waals surface area (Å²) in [7, 11) is 0. The number of carbonyl (C=O) groups is 1. The van der Waals surface area contributed by atoms with Gasteiger partial charge in [0.25, 0.3) is 0 Å². The fourth-order valence-corrected chi connectivity index (χ4v) is 1.46. The van der Waals surface area contributed by atoms with E-state index in [0.717, 1.165) is 10.8 Å². The van der Waals surface area contributed by atoms with Gasteiger partial charge in [0, 0.05) is 0 Å². The maximum Gasteiger partial charge on any atom is 0.340 e. The largest absolute Gasteiger partial charge is 0.435 e. The van der Waals surface area contributed by atoms with Crippen molar-refractivity contribution in [1.29, 1.82) is 0 Å². The van der Waals surface area contributed by atoms with Crippen LogP contribution in [0.15, 0.2) is 42.5 Å². The van der Waals surface area contributed by atoms with Gasteiger partial charge in [-0.2, -0.15) is 0 Å². The third-order valence-corrected chi connectivity index (χ3v) is 2.18. The average molecular weight is 202 g/mol. The molecule has 0 aliphatic carbocycles. The van der Waals surface area contributed by atoms with Crippen LogP contribution in [0, 0.1) is 0 Å². The topological polar surface area (TPSA) is 46.5 Å². The predicted molar refractivity (Wildman–Crippen MR) is 56.4 cm³/mol. The number of aliphatic hydroxyl groups excluding tert-OH is 1. The molecule has 76 valence electrons. The summed E-state index contributed by atoms with van der Waals surface area (Å²) in [5.74, 6) is -0.511. The lowest BCUT2D eigenvalue weighted by molar-refractivity contribution is 0.00685. The number of fused-ring (bicyclic) bond motifs is 1. The van der Waals surface area contributed by atoms with E-state index in [1.54, 1.807) is 12.1 Å². The van der Waals surface area contributed by atoms with E-state index in [2.05, 4.69) is 4.74 Å². The molecular weight excluding hydrogens is 192 g/mol. The normalized spacial score (nSPS) is 10.2. The highest BCUT2D eigenvalue weighted by Gasteiger charge is 2.06. The second kappa shape index (κ2) is 4.11. The summed E-state index contributed by atoms with van der Waals surface area (Å²) in [5, 5.41) is 10.5. The first-order chi connectivity index (χ1) is 7.31. The van der Waals surface area contributed by atoms with Crippen LogP contribution in [0.1, 0.15) is 10.4 Å². The number of ether oxygens (including phenoxy) is 1. The van der Waals surface area contributed by atoms with E-state index >= 15 is 0 Å². The summed E-state index contributed by atoms with van der Waals surface area (Å²) in [5.41, 5.74) is 0.447. The molecule has 0 saturated heterocycles. The van der Waals surface area contributed by atoms with Crippen LogP contribution in [0.3, 0.4) is 0 Å². The number of hydrogen-bond donors (Lipinski definition) is 1. The van der Waals surface area contributed by atoms with Crippen molar-refractivity contribution in [2.24, 2.45) is 0 Å². The second-order valence-electron chi connectivity index (χ2n) is 3.12. The molecule has 2 rings (SSSR count). The van der Waals surface area contributed by atoms with Gasteiger partial charge in [0.15, 0.2) is 6.79 Å². The number of aliphatic hydroxyl groups is 1. The average Bonchev–Trinajstić information content (AvgIpc) is 2.29. The Kier molecular flexibility index (Phi) is 2.65. The Morgan fingerprint density at radius 2 is 1.87 bits per heavy atom. The van der Waals surface area contributed by atoms with Gasteiger partial charge in [0.1, 0.15) is 0 Å². The van der Waals surface area contributed by atoms with E-state index in [0.29, 0.717) is 5.56 Å². The number of carbonyl (C=O) groups excluding carboxylic acids is 1. The Balaban J connectivity index is 2.42. The van der Waals surface area contributed by atoms with Gasteiger partial charge in [-0.15, -0.1) is 0 Å². The van der Waals surface area contributed by atoms with Crippen molar-refractivity contribution in [1.82, 2.24) is 0 Å². The summed E-state index contributed by atoms with van der Waals surface area (Å²) < 4.78 is 4.49. The molecular formula is C12H10O3. The molecule has 2 aromatic carbocycles. The highest BCUT2D eigenvalue weighted by atomic mass is 16.6. The molecule has 0 heterocycles. The van der Waals surface area contributed by atoms with Crippen molar-refractivity contribution in [3.63, 3.8) is 0 Å². The van der Waals surface area contributed by atoms with Gasteiger partial charge in [-0.05, 0) is 22.9 Å². The van der Waals surface area contributed by atoms with Gasteiger partial charge in [0.05, 0.1) is 5.56 Å². The number of benzene rings is 2. The van der Waals surface area contributed by atoms with Crippen molar-refractivity contribution in [3.05, 3.63) is 48.0 Å². The Hall–Kier alpha value is -1.87. The molecule has 15 heavy (non-hydrogen) atoms. The number of esters is 1. The van der Waals surface area contributed by atoms with Gasteiger partial charge >= 0.3 is 5.97 Å². The summed E-state index contributed by atoms with van der Waals surface area (Å²) in [4.78, 5) is 11.3. The Labute approximate surface area is 86.9 Å². The Morgan fingerprint density at radius 1 is 1.13 bits per heavy atom. The maximum absolute atomic E-state index is 11.3. The van der Waals surface area contributed by atoms with Gasteiger partial charge in [-0.1, -0.05) is 30.3 Å². The van der Waals surface area contributed by atoms with Crippen molar-refractivity contribution in [2.75, 3.05) is 6.79 Å². The zero-order chi connectivity index (χ0) is 10.7. The van der Waals surface area contributed by atoms with E-state index in [4.69, 9.17) is 5.11 Å².